The number of aromatic nitrogens is 4. The highest BCUT2D eigenvalue weighted by Crippen LogP contribution is 2.33. The zero-order chi connectivity index (χ0) is 28.1. The second-order valence-corrected chi connectivity index (χ2v) is 8.58. The highest BCUT2D eigenvalue weighted by atomic mass is 19.1. The molecule has 0 aliphatic heterocycles. The summed E-state index contributed by atoms with van der Waals surface area (Å²) in [5, 5.41) is 12.8. The lowest BCUT2D eigenvalue weighted by Gasteiger charge is -2.15. The molecule has 2 heterocycles. The van der Waals surface area contributed by atoms with Gasteiger partial charge in [0.25, 0.3) is 0 Å². The van der Waals surface area contributed by atoms with Crippen molar-refractivity contribution in [2.45, 2.75) is 0 Å². The molecule has 3 N–H and O–H groups in total. The molecule has 1 amide bonds. The number of rotatable bonds is 9. The van der Waals surface area contributed by atoms with E-state index >= 15 is 0 Å². The van der Waals surface area contributed by atoms with Crippen LogP contribution in [0.4, 0.5) is 37.6 Å². The van der Waals surface area contributed by atoms with Crippen molar-refractivity contribution >= 4 is 34.7 Å². The predicted molar refractivity (Wildman–Crippen MR) is 149 cm³/mol. The minimum Gasteiger partial charge on any atom is -0.457 e. The van der Waals surface area contributed by atoms with Gasteiger partial charge < -0.3 is 20.7 Å². The van der Waals surface area contributed by atoms with Crippen molar-refractivity contribution in [3.63, 3.8) is 0 Å². The number of carbonyl (C=O) groups is 1. The third kappa shape index (κ3) is 6.27. The van der Waals surface area contributed by atoms with Gasteiger partial charge in [0, 0.05) is 36.8 Å². The molecule has 0 fully saturated rings. The Bertz CT molecular complexity index is 1690. The quantitative estimate of drug-likeness (QED) is 0.182. The molecule has 0 aliphatic carbocycles. The van der Waals surface area contributed by atoms with Crippen molar-refractivity contribution in [3.05, 3.63) is 110 Å². The molecule has 11 heteroatoms. The van der Waals surface area contributed by atoms with E-state index in [0.717, 1.165) is 6.08 Å². The van der Waals surface area contributed by atoms with Gasteiger partial charge in [0.2, 0.25) is 11.9 Å². The smallest absolute Gasteiger partial charge is 0.247 e. The molecular weight excluding hydrogens is 516 g/mol. The lowest BCUT2D eigenvalue weighted by Crippen LogP contribution is -2.08. The van der Waals surface area contributed by atoms with Crippen molar-refractivity contribution in [2.75, 3.05) is 16.0 Å². The zero-order valence-corrected chi connectivity index (χ0v) is 21.2. The fraction of sp³-hybridized carbons (Fsp3) is 0.0345. The topological polar surface area (TPSA) is 106 Å². The number of nitrogens with one attached hydrogen (secondary N) is 3. The maximum absolute atomic E-state index is 14.8. The number of hydrogen-bond donors (Lipinski definition) is 3. The Kier molecular flexibility index (Phi) is 7.45. The summed E-state index contributed by atoms with van der Waals surface area (Å²) < 4.78 is 35.7. The average Bonchev–Trinajstić information content (AvgIpc) is 3.35. The predicted octanol–water partition coefficient (Wildman–Crippen LogP) is 6.56. The summed E-state index contributed by atoms with van der Waals surface area (Å²) >= 11 is 0. The Labute approximate surface area is 228 Å². The van der Waals surface area contributed by atoms with Crippen molar-refractivity contribution in [3.8, 4) is 22.6 Å². The van der Waals surface area contributed by atoms with Crippen molar-refractivity contribution in [1.82, 2.24) is 19.7 Å². The average molecular weight is 540 g/mol. The van der Waals surface area contributed by atoms with Gasteiger partial charge in [-0.2, -0.15) is 10.1 Å². The molecule has 0 atom stereocenters. The van der Waals surface area contributed by atoms with Gasteiger partial charge in [0.05, 0.1) is 17.6 Å². The molecule has 0 aliphatic rings. The highest BCUT2D eigenvalue weighted by Gasteiger charge is 2.14. The van der Waals surface area contributed by atoms with E-state index in [9.17, 15) is 13.6 Å². The van der Waals surface area contributed by atoms with Crippen LogP contribution in [0, 0.1) is 11.6 Å². The van der Waals surface area contributed by atoms with Crippen molar-refractivity contribution in [2.24, 2.45) is 7.05 Å². The number of halogens is 2. The molecule has 40 heavy (non-hydrogen) atoms. The summed E-state index contributed by atoms with van der Waals surface area (Å²) in [6.07, 6.45) is 6.09. The van der Waals surface area contributed by atoms with Crippen LogP contribution in [-0.4, -0.2) is 25.7 Å². The van der Waals surface area contributed by atoms with Crippen molar-refractivity contribution < 1.29 is 18.3 Å². The Balaban J connectivity index is 1.48. The summed E-state index contributed by atoms with van der Waals surface area (Å²) in [5.74, 6) is 0.0283. The fourth-order valence-corrected chi connectivity index (χ4v) is 3.75. The number of hydrogen-bond acceptors (Lipinski definition) is 7. The monoisotopic (exact) mass is 539 g/mol. The van der Waals surface area contributed by atoms with Crippen LogP contribution in [0.5, 0.6) is 11.5 Å². The third-order valence-corrected chi connectivity index (χ3v) is 5.62. The van der Waals surface area contributed by atoms with Crippen LogP contribution in [0.1, 0.15) is 0 Å². The van der Waals surface area contributed by atoms with Gasteiger partial charge in [-0.15, -0.1) is 0 Å². The SMILES string of the molecule is C=CC(=O)Nc1ccc(F)c(Nc2nc(Nc3cnn(C)c3)ncc2-c2ccc(Oc3cccc(F)c3)cc2)c1. The van der Waals surface area contributed by atoms with Crippen LogP contribution in [-0.2, 0) is 11.8 Å². The molecule has 3 aromatic carbocycles. The van der Waals surface area contributed by atoms with E-state index in [1.165, 1.54) is 30.3 Å². The van der Waals surface area contributed by atoms with Crippen molar-refractivity contribution in [1.29, 1.82) is 0 Å². The van der Waals surface area contributed by atoms with Gasteiger partial charge in [-0.05, 0) is 54.1 Å². The highest BCUT2D eigenvalue weighted by molar-refractivity contribution is 5.99. The normalized spacial score (nSPS) is 10.6. The van der Waals surface area contributed by atoms with E-state index in [1.807, 2.05) is 0 Å². The van der Waals surface area contributed by atoms with E-state index in [2.05, 4.69) is 37.6 Å². The first-order valence-electron chi connectivity index (χ1n) is 12.0. The Morgan fingerprint density at radius 1 is 0.975 bits per heavy atom. The standard InChI is InChI=1S/C29H23F2N7O2/c1-3-27(39)34-20-9-12-25(31)26(14-20)36-28-24(16-32-29(37-28)35-21-15-33-38(2)17-21)18-7-10-22(11-8-18)40-23-6-4-5-19(30)13-23/h3-17H,1H2,2H3,(H,34,39)(H2,32,35,36,37). The molecule has 9 nitrogen and oxygen atoms in total. The van der Waals surface area contributed by atoms with E-state index < -0.39 is 17.5 Å². The van der Waals surface area contributed by atoms with Gasteiger partial charge in [0.1, 0.15) is 29.0 Å². The maximum atomic E-state index is 14.8. The minimum atomic E-state index is -0.554. The molecule has 0 saturated heterocycles. The van der Waals surface area contributed by atoms with E-state index in [0.29, 0.717) is 39.8 Å². The first kappa shape index (κ1) is 26.0. The first-order chi connectivity index (χ1) is 19.4. The fourth-order valence-electron chi connectivity index (χ4n) is 3.75. The Morgan fingerprint density at radius 2 is 1.80 bits per heavy atom. The minimum absolute atomic E-state index is 0.0835. The Hall–Kier alpha value is -5.58. The molecule has 0 radical (unpaired) electrons. The molecule has 0 unspecified atom stereocenters. The molecule has 2 aromatic heterocycles. The van der Waals surface area contributed by atoms with Crippen LogP contribution in [0.15, 0.2) is 98.0 Å². The maximum Gasteiger partial charge on any atom is 0.247 e. The zero-order valence-electron chi connectivity index (χ0n) is 21.2. The molecule has 5 aromatic rings. The Morgan fingerprint density at radius 3 is 2.52 bits per heavy atom. The second kappa shape index (κ2) is 11.4. The first-order valence-corrected chi connectivity index (χ1v) is 12.0. The number of aryl methyl sites for hydroxylation is 1. The van der Waals surface area contributed by atoms with Gasteiger partial charge >= 0.3 is 0 Å². The largest absolute Gasteiger partial charge is 0.457 e. The van der Waals surface area contributed by atoms with Crippen LogP contribution < -0.4 is 20.7 Å². The molecule has 0 saturated carbocycles. The summed E-state index contributed by atoms with van der Waals surface area (Å²) in [4.78, 5) is 20.7. The van der Waals surface area contributed by atoms with Crippen LogP contribution in [0.25, 0.3) is 11.1 Å². The van der Waals surface area contributed by atoms with Gasteiger partial charge in [0.15, 0.2) is 0 Å². The number of nitrogens with zero attached hydrogens (tertiary/aromatic N) is 4. The number of anilines is 5. The number of amides is 1. The second-order valence-electron chi connectivity index (χ2n) is 8.58. The van der Waals surface area contributed by atoms with E-state index in [-0.39, 0.29) is 11.6 Å². The van der Waals surface area contributed by atoms with Crippen LogP contribution >= 0.6 is 0 Å². The summed E-state index contributed by atoms with van der Waals surface area (Å²) in [6.45, 7) is 3.43. The number of carbonyl (C=O) groups excluding carboxylic acids is 1. The van der Waals surface area contributed by atoms with Gasteiger partial charge in [-0.25, -0.2) is 13.8 Å². The molecule has 0 bridgehead atoms. The third-order valence-electron chi connectivity index (χ3n) is 5.62. The molecule has 5 rings (SSSR count). The summed E-state index contributed by atoms with van der Waals surface area (Å²) in [6, 6.07) is 17.0. The molecule has 0 spiro atoms. The van der Waals surface area contributed by atoms with Crippen LogP contribution in [0.2, 0.25) is 0 Å². The number of ether oxygens (including phenoxy) is 1. The summed E-state index contributed by atoms with van der Waals surface area (Å²) in [7, 11) is 1.78. The summed E-state index contributed by atoms with van der Waals surface area (Å²) in [5.41, 5.74) is 2.39. The van der Waals surface area contributed by atoms with Gasteiger partial charge in [-0.1, -0.05) is 24.8 Å². The van der Waals surface area contributed by atoms with Crippen LogP contribution in [0.3, 0.4) is 0 Å². The van der Waals surface area contributed by atoms with E-state index in [4.69, 9.17) is 4.74 Å². The molecule has 200 valence electrons. The lowest BCUT2D eigenvalue weighted by atomic mass is 10.1. The van der Waals surface area contributed by atoms with E-state index in [1.54, 1.807) is 66.7 Å². The molecular formula is C29H23F2N7O2. The number of benzene rings is 3. The van der Waals surface area contributed by atoms with Gasteiger partial charge in [-0.3, -0.25) is 9.48 Å². The lowest BCUT2D eigenvalue weighted by molar-refractivity contribution is -0.111.